The van der Waals surface area contributed by atoms with Crippen molar-refractivity contribution in [1.29, 1.82) is 0 Å². The molecule has 0 aromatic carbocycles. The molecule has 1 atom stereocenters. The Bertz CT molecular complexity index is 324. The maximum absolute atomic E-state index is 10.5. The van der Waals surface area contributed by atoms with E-state index in [2.05, 4.69) is 39.0 Å². The first kappa shape index (κ1) is 12.0. The molecule has 0 bridgehead atoms. The molecule has 82 valence electrons. The first-order valence-electron chi connectivity index (χ1n) is 5.46. The van der Waals surface area contributed by atoms with E-state index >= 15 is 0 Å². The van der Waals surface area contributed by atoms with Gasteiger partial charge in [-0.1, -0.05) is 45.1 Å². The van der Waals surface area contributed by atoms with Crippen molar-refractivity contribution in [3.05, 3.63) is 35.5 Å². The summed E-state index contributed by atoms with van der Waals surface area (Å²) in [6.07, 6.45) is 10.6. The monoisotopic (exact) mass is 204 g/mol. The molecule has 0 fully saturated rings. The van der Waals surface area contributed by atoms with Gasteiger partial charge in [-0.2, -0.15) is 0 Å². The van der Waals surface area contributed by atoms with Crippen molar-refractivity contribution in [2.45, 2.75) is 34.1 Å². The van der Waals surface area contributed by atoms with Crippen LogP contribution in [0.1, 0.15) is 34.1 Å². The number of hydrogen-bond donors (Lipinski definition) is 0. The van der Waals surface area contributed by atoms with Crippen molar-refractivity contribution in [1.82, 2.24) is 0 Å². The van der Waals surface area contributed by atoms with Crippen molar-refractivity contribution in [2.24, 2.45) is 11.3 Å². The van der Waals surface area contributed by atoms with Crippen LogP contribution in [0.25, 0.3) is 0 Å². The quantitative estimate of drug-likeness (QED) is 0.495. The van der Waals surface area contributed by atoms with E-state index in [1.54, 1.807) is 0 Å². The Morgan fingerprint density at radius 1 is 1.47 bits per heavy atom. The lowest BCUT2D eigenvalue weighted by Gasteiger charge is -2.24. The van der Waals surface area contributed by atoms with E-state index in [1.165, 1.54) is 5.57 Å². The molecular formula is C14H20O. The highest BCUT2D eigenvalue weighted by Crippen LogP contribution is 2.31. The Labute approximate surface area is 92.6 Å². The second kappa shape index (κ2) is 4.61. The van der Waals surface area contributed by atoms with Crippen LogP contribution in [-0.2, 0) is 4.79 Å². The molecule has 15 heavy (non-hydrogen) atoms. The van der Waals surface area contributed by atoms with E-state index in [-0.39, 0.29) is 5.41 Å². The van der Waals surface area contributed by atoms with Crippen LogP contribution in [-0.4, -0.2) is 6.29 Å². The molecule has 0 aromatic rings. The first-order chi connectivity index (χ1) is 6.93. The number of hydrogen-bond acceptors (Lipinski definition) is 1. The van der Waals surface area contributed by atoms with Gasteiger partial charge in [0.05, 0.1) is 0 Å². The summed E-state index contributed by atoms with van der Waals surface area (Å²) in [6.45, 7) is 8.51. The third-order valence-electron chi connectivity index (χ3n) is 2.66. The number of aldehydes is 1. The summed E-state index contributed by atoms with van der Waals surface area (Å²) in [5.74, 6) is 0.390. The Hall–Kier alpha value is -1.11. The molecule has 0 radical (unpaired) electrons. The molecule has 1 rings (SSSR count). The molecule has 0 aromatic heterocycles. The van der Waals surface area contributed by atoms with Crippen LogP contribution in [0.2, 0.25) is 0 Å². The number of carbonyl (C=O) groups is 1. The first-order valence-corrected chi connectivity index (χ1v) is 5.46. The zero-order valence-electron chi connectivity index (χ0n) is 10.1. The zero-order chi connectivity index (χ0) is 11.5. The van der Waals surface area contributed by atoms with Crippen LogP contribution in [0.15, 0.2) is 35.5 Å². The molecule has 0 spiro atoms. The minimum absolute atomic E-state index is 0.227. The van der Waals surface area contributed by atoms with Crippen molar-refractivity contribution in [3.8, 4) is 0 Å². The molecule has 0 saturated heterocycles. The Morgan fingerprint density at radius 3 is 2.53 bits per heavy atom. The number of allylic oxidation sites excluding steroid dienone is 6. The van der Waals surface area contributed by atoms with Gasteiger partial charge in [-0.3, -0.25) is 4.79 Å². The van der Waals surface area contributed by atoms with Gasteiger partial charge in [0.25, 0.3) is 0 Å². The molecule has 1 nitrogen and oxygen atoms in total. The maximum Gasteiger partial charge on any atom is 0.145 e. The van der Waals surface area contributed by atoms with Gasteiger partial charge in [0.1, 0.15) is 6.29 Å². The molecule has 1 heteroatoms. The van der Waals surface area contributed by atoms with Gasteiger partial charge in [-0.15, -0.1) is 0 Å². The van der Waals surface area contributed by atoms with Crippen molar-refractivity contribution in [3.63, 3.8) is 0 Å². The molecule has 1 aliphatic carbocycles. The van der Waals surface area contributed by atoms with Gasteiger partial charge >= 0.3 is 0 Å². The summed E-state index contributed by atoms with van der Waals surface area (Å²) in [4.78, 5) is 10.5. The van der Waals surface area contributed by atoms with Crippen LogP contribution in [0.5, 0.6) is 0 Å². The molecule has 0 heterocycles. The second-order valence-corrected chi connectivity index (χ2v) is 5.20. The van der Waals surface area contributed by atoms with Gasteiger partial charge < -0.3 is 0 Å². The number of rotatable bonds is 2. The highest BCUT2D eigenvalue weighted by Gasteiger charge is 2.17. The molecule has 0 aliphatic heterocycles. The normalized spacial score (nSPS) is 22.5. The lowest BCUT2D eigenvalue weighted by atomic mass is 9.81. The predicted octanol–water partition coefficient (Wildman–Crippen LogP) is 3.68. The van der Waals surface area contributed by atoms with E-state index in [0.29, 0.717) is 5.92 Å². The Kier molecular flexibility index (Phi) is 3.67. The summed E-state index contributed by atoms with van der Waals surface area (Å²) in [6, 6.07) is 0. The summed E-state index contributed by atoms with van der Waals surface area (Å²) < 4.78 is 0. The molecule has 0 amide bonds. The lowest BCUT2D eigenvalue weighted by molar-refractivity contribution is -0.104. The molecule has 0 saturated carbocycles. The van der Waals surface area contributed by atoms with Gasteiger partial charge in [0.2, 0.25) is 0 Å². The van der Waals surface area contributed by atoms with Gasteiger partial charge in [0.15, 0.2) is 0 Å². The summed E-state index contributed by atoms with van der Waals surface area (Å²) in [5.41, 5.74) is 2.43. The Morgan fingerprint density at radius 2 is 2.13 bits per heavy atom. The van der Waals surface area contributed by atoms with E-state index in [9.17, 15) is 4.79 Å². The van der Waals surface area contributed by atoms with Crippen molar-refractivity contribution < 1.29 is 4.79 Å². The summed E-state index contributed by atoms with van der Waals surface area (Å²) >= 11 is 0. The SMILES string of the molecule is C/C(C=O)=C\C1C=CC(C(C)(C)C)=CC1. The third-order valence-corrected chi connectivity index (χ3v) is 2.66. The largest absolute Gasteiger partial charge is 0.298 e. The molecule has 1 aliphatic rings. The van der Waals surface area contributed by atoms with Crippen molar-refractivity contribution >= 4 is 6.29 Å². The van der Waals surface area contributed by atoms with Gasteiger partial charge in [-0.05, 0) is 35.8 Å². The topological polar surface area (TPSA) is 17.1 Å². The third kappa shape index (κ3) is 3.50. The highest BCUT2D eigenvalue weighted by molar-refractivity contribution is 5.72. The highest BCUT2D eigenvalue weighted by atomic mass is 16.1. The van der Waals surface area contributed by atoms with E-state index < -0.39 is 0 Å². The van der Waals surface area contributed by atoms with Gasteiger partial charge in [-0.25, -0.2) is 0 Å². The van der Waals surface area contributed by atoms with Crippen LogP contribution in [0, 0.1) is 11.3 Å². The Balaban J connectivity index is 2.69. The fourth-order valence-corrected chi connectivity index (χ4v) is 1.69. The molecule has 1 unspecified atom stereocenters. The second-order valence-electron chi connectivity index (χ2n) is 5.20. The van der Waals surface area contributed by atoms with E-state index in [4.69, 9.17) is 0 Å². The fourth-order valence-electron chi connectivity index (χ4n) is 1.69. The average Bonchev–Trinajstić information content (AvgIpc) is 2.17. The maximum atomic E-state index is 10.5. The summed E-state index contributed by atoms with van der Waals surface area (Å²) in [7, 11) is 0. The van der Waals surface area contributed by atoms with Crippen LogP contribution in [0.4, 0.5) is 0 Å². The van der Waals surface area contributed by atoms with E-state index in [0.717, 1.165) is 18.3 Å². The van der Waals surface area contributed by atoms with Crippen LogP contribution < -0.4 is 0 Å². The predicted molar refractivity (Wildman–Crippen MR) is 64.6 cm³/mol. The minimum Gasteiger partial charge on any atom is -0.298 e. The zero-order valence-corrected chi connectivity index (χ0v) is 10.1. The van der Waals surface area contributed by atoms with Crippen LogP contribution in [0.3, 0.4) is 0 Å². The molecule has 0 N–H and O–H groups in total. The van der Waals surface area contributed by atoms with Crippen LogP contribution >= 0.6 is 0 Å². The standard InChI is InChI=1S/C14H20O/c1-11(10-15)9-12-5-7-13(8-6-12)14(2,3)4/h5,7-10,12H,6H2,1-4H3/b11-9+. The molecular weight excluding hydrogens is 184 g/mol. The minimum atomic E-state index is 0.227. The van der Waals surface area contributed by atoms with Gasteiger partial charge in [0, 0.05) is 0 Å². The van der Waals surface area contributed by atoms with Crippen molar-refractivity contribution in [2.75, 3.05) is 0 Å². The smallest absolute Gasteiger partial charge is 0.145 e. The average molecular weight is 204 g/mol. The number of carbonyl (C=O) groups excluding carboxylic acids is 1. The van der Waals surface area contributed by atoms with E-state index in [1.807, 2.05) is 13.0 Å². The fraction of sp³-hybridized carbons (Fsp3) is 0.500. The lowest BCUT2D eigenvalue weighted by Crippen LogP contribution is -2.11. The summed E-state index contributed by atoms with van der Waals surface area (Å²) in [5, 5.41) is 0.